The lowest BCUT2D eigenvalue weighted by molar-refractivity contribution is -0.175. The topological polar surface area (TPSA) is 21.3 Å². The Balaban J connectivity index is 2.61. The van der Waals surface area contributed by atoms with Gasteiger partial charge >= 0.3 is 6.18 Å². The van der Waals surface area contributed by atoms with Gasteiger partial charge in [0.05, 0.1) is 12.6 Å². The predicted molar refractivity (Wildman–Crippen MR) is 64.3 cm³/mol. The van der Waals surface area contributed by atoms with Crippen molar-refractivity contribution in [2.45, 2.75) is 25.6 Å². The summed E-state index contributed by atoms with van der Waals surface area (Å²) >= 11 is 0. The predicted octanol–water partition coefficient (Wildman–Crippen LogP) is 3.45. The van der Waals surface area contributed by atoms with Crippen molar-refractivity contribution in [2.24, 2.45) is 0 Å². The summed E-state index contributed by atoms with van der Waals surface area (Å²) in [7, 11) is 0. The normalized spacial score (nSPS) is 13.5. The minimum absolute atomic E-state index is 0.150. The molecule has 2 nitrogen and oxygen atoms in total. The molecule has 1 aromatic carbocycles. The first-order valence-corrected chi connectivity index (χ1v) is 6.05. The van der Waals surface area contributed by atoms with Crippen molar-refractivity contribution in [1.82, 2.24) is 5.32 Å². The van der Waals surface area contributed by atoms with E-state index in [0.717, 1.165) is 6.42 Å². The Morgan fingerprint density at radius 2 is 2.05 bits per heavy atom. The highest BCUT2D eigenvalue weighted by molar-refractivity contribution is 5.20. The molecule has 0 bridgehead atoms. The molecule has 0 amide bonds. The van der Waals surface area contributed by atoms with Crippen LogP contribution in [0.4, 0.5) is 17.6 Å². The van der Waals surface area contributed by atoms with Crippen LogP contribution in [0.2, 0.25) is 0 Å². The molecule has 1 unspecified atom stereocenters. The van der Waals surface area contributed by atoms with E-state index in [4.69, 9.17) is 0 Å². The Morgan fingerprint density at radius 1 is 1.32 bits per heavy atom. The fourth-order valence-corrected chi connectivity index (χ4v) is 1.61. The molecule has 1 rings (SSSR count). The molecule has 0 aliphatic carbocycles. The maximum absolute atomic E-state index is 13.1. The van der Waals surface area contributed by atoms with Crippen LogP contribution < -0.4 is 5.32 Å². The second kappa shape index (κ2) is 7.45. The van der Waals surface area contributed by atoms with Crippen LogP contribution in [0.25, 0.3) is 0 Å². The fraction of sp³-hybridized carbons (Fsp3) is 0.538. The van der Waals surface area contributed by atoms with Gasteiger partial charge in [-0.2, -0.15) is 13.2 Å². The number of hydrogen-bond acceptors (Lipinski definition) is 2. The smallest absolute Gasteiger partial charge is 0.370 e. The molecule has 0 radical (unpaired) electrons. The average molecular weight is 279 g/mol. The van der Waals surface area contributed by atoms with Crippen LogP contribution in [-0.2, 0) is 4.74 Å². The van der Waals surface area contributed by atoms with Gasteiger partial charge in [0.15, 0.2) is 0 Å². The number of rotatable bonds is 7. The fourth-order valence-electron chi connectivity index (χ4n) is 1.61. The van der Waals surface area contributed by atoms with E-state index in [0.29, 0.717) is 12.1 Å². The monoisotopic (exact) mass is 279 g/mol. The van der Waals surface area contributed by atoms with Crippen molar-refractivity contribution < 1.29 is 22.3 Å². The summed E-state index contributed by atoms with van der Waals surface area (Å²) in [4.78, 5) is 0. The third kappa shape index (κ3) is 6.54. The lowest BCUT2D eigenvalue weighted by Crippen LogP contribution is -2.28. The molecule has 1 aromatic rings. The van der Waals surface area contributed by atoms with Crippen LogP contribution in [0.5, 0.6) is 0 Å². The van der Waals surface area contributed by atoms with E-state index in [1.165, 1.54) is 18.2 Å². The minimum Gasteiger partial charge on any atom is -0.370 e. The maximum atomic E-state index is 13.1. The molecule has 0 saturated carbocycles. The van der Waals surface area contributed by atoms with E-state index in [1.54, 1.807) is 6.07 Å². The summed E-state index contributed by atoms with van der Waals surface area (Å²) in [5.41, 5.74) is 0.579. The first-order valence-electron chi connectivity index (χ1n) is 6.05. The Bertz CT molecular complexity index is 381. The molecule has 6 heteroatoms. The third-order valence-corrected chi connectivity index (χ3v) is 2.44. The lowest BCUT2D eigenvalue weighted by Gasteiger charge is -2.19. The van der Waals surface area contributed by atoms with Crippen molar-refractivity contribution >= 4 is 0 Å². The first kappa shape index (κ1) is 15.9. The quantitative estimate of drug-likeness (QED) is 0.772. The third-order valence-electron chi connectivity index (χ3n) is 2.44. The number of halogens is 4. The van der Waals surface area contributed by atoms with Crippen LogP contribution in [0.3, 0.4) is 0 Å². The molecule has 1 atom stereocenters. The van der Waals surface area contributed by atoms with Crippen LogP contribution in [0.15, 0.2) is 24.3 Å². The van der Waals surface area contributed by atoms with E-state index in [1.807, 2.05) is 6.92 Å². The summed E-state index contributed by atoms with van der Waals surface area (Å²) in [5.74, 6) is -0.420. The number of hydrogen-bond donors (Lipinski definition) is 1. The molecule has 0 spiro atoms. The van der Waals surface area contributed by atoms with E-state index >= 15 is 0 Å². The maximum Gasteiger partial charge on any atom is 0.411 e. The first-order chi connectivity index (χ1) is 8.92. The molecule has 19 heavy (non-hydrogen) atoms. The van der Waals surface area contributed by atoms with Crippen LogP contribution >= 0.6 is 0 Å². The Labute approximate surface area is 109 Å². The molecule has 1 N–H and O–H groups in total. The second-order valence-corrected chi connectivity index (χ2v) is 4.19. The summed E-state index contributed by atoms with van der Waals surface area (Å²) in [6, 6.07) is 5.32. The average Bonchev–Trinajstić information content (AvgIpc) is 2.32. The largest absolute Gasteiger partial charge is 0.411 e. The van der Waals surface area contributed by atoms with Crippen molar-refractivity contribution in [3.63, 3.8) is 0 Å². The summed E-state index contributed by atoms with van der Waals surface area (Å²) in [6.07, 6.45) is -3.53. The molecular weight excluding hydrogens is 262 g/mol. The number of benzene rings is 1. The molecule has 0 heterocycles. The zero-order valence-electron chi connectivity index (χ0n) is 10.6. The van der Waals surface area contributed by atoms with Gasteiger partial charge in [0.2, 0.25) is 0 Å². The van der Waals surface area contributed by atoms with Crippen LogP contribution in [0.1, 0.15) is 24.9 Å². The number of alkyl halides is 3. The van der Waals surface area contributed by atoms with Gasteiger partial charge in [-0.1, -0.05) is 19.1 Å². The van der Waals surface area contributed by atoms with E-state index in [-0.39, 0.29) is 6.61 Å². The Kier molecular flexibility index (Phi) is 6.24. The zero-order valence-corrected chi connectivity index (χ0v) is 10.6. The van der Waals surface area contributed by atoms with Gasteiger partial charge in [-0.05, 0) is 30.7 Å². The highest BCUT2D eigenvalue weighted by Gasteiger charge is 2.28. The standard InChI is InChI=1S/C13H17F4NO/c1-2-6-18-12(8-19-9-13(15,16)17)10-4-3-5-11(14)7-10/h3-5,7,12,18H,2,6,8-9H2,1H3. The van der Waals surface area contributed by atoms with Crippen molar-refractivity contribution in [2.75, 3.05) is 19.8 Å². The summed E-state index contributed by atoms with van der Waals surface area (Å²) in [6.45, 7) is 1.11. The molecule has 0 aliphatic rings. The number of nitrogens with one attached hydrogen (secondary N) is 1. The number of ether oxygens (including phenoxy) is 1. The minimum atomic E-state index is -4.35. The second-order valence-electron chi connectivity index (χ2n) is 4.19. The Hall–Kier alpha value is -1.14. The molecule has 0 aromatic heterocycles. The van der Waals surface area contributed by atoms with Gasteiger partial charge in [0, 0.05) is 0 Å². The van der Waals surface area contributed by atoms with Crippen molar-refractivity contribution in [1.29, 1.82) is 0 Å². The molecule has 0 fully saturated rings. The van der Waals surface area contributed by atoms with Crippen LogP contribution in [0, 0.1) is 5.82 Å². The SMILES string of the molecule is CCCNC(COCC(F)(F)F)c1cccc(F)c1. The van der Waals surface area contributed by atoms with Crippen LogP contribution in [-0.4, -0.2) is 25.9 Å². The van der Waals surface area contributed by atoms with Crippen molar-refractivity contribution in [3.8, 4) is 0 Å². The van der Waals surface area contributed by atoms with Gasteiger partial charge in [0.25, 0.3) is 0 Å². The molecular formula is C13H17F4NO. The Morgan fingerprint density at radius 3 is 2.63 bits per heavy atom. The van der Waals surface area contributed by atoms with E-state index in [2.05, 4.69) is 10.1 Å². The van der Waals surface area contributed by atoms with Gasteiger partial charge in [0.1, 0.15) is 12.4 Å². The lowest BCUT2D eigenvalue weighted by atomic mass is 10.1. The highest BCUT2D eigenvalue weighted by atomic mass is 19.4. The van der Waals surface area contributed by atoms with Gasteiger partial charge in [-0.25, -0.2) is 4.39 Å². The summed E-state index contributed by atoms with van der Waals surface area (Å²) < 4.78 is 53.8. The molecule has 0 aliphatic heterocycles. The highest BCUT2D eigenvalue weighted by Crippen LogP contribution is 2.18. The summed E-state index contributed by atoms with van der Waals surface area (Å²) in [5, 5.41) is 3.04. The van der Waals surface area contributed by atoms with Gasteiger partial charge in [-0.15, -0.1) is 0 Å². The molecule has 108 valence electrons. The zero-order chi connectivity index (χ0) is 14.3. The van der Waals surface area contributed by atoms with E-state index in [9.17, 15) is 17.6 Å². The van der Waals surface area contributed by atoms with E-state index < -0.39 is 24.6 Å². The van der Waals surface area contributed by atoms with Gasteiger partial charge in [-0.3, -0.25) is 0 Å². The van der Waals surface area contributed by atoms with Gasteiger partial charge < -0.3 is 10.1 Å². The molecule has 0 saturated heterocycles. The van der Waals surface area contributed by atoms with Crippen molar-refractivity contribution in [3.05, 3.63) is 35.6 Å².